The van der Waals surface area contributed by atoms with Crippen LogP contribution in [0, 0.1) is 12.3 Å². The van der Waals surface area contributed by atoms with Crippen molar-refractivity contribution in [2.45, 2.75) is 57.7 Å². The lowest BCUT2D eigenvalue weighted by atomic mass is 9.92. The Balaban J connectivity index is 2.09. The van der Waals surface area contributed by atoms with Crippen LogP contribution < -0.4 is 0 Å². The van der Waals surface area contributed by atoms with Crippen molar-refractivity contribution in [3.8, 4) is 12.3 Å². The minimum Gasteiger partial charge on any atom is -0.298 e. The minimum absolute atomic E-state index is 0.0943. The third kappa shape index (κ3) is 2.12. The molecule has 0 aromatic carbocycles. The third-order valence-corrected chi connectivity index (χ3v) is 4.26. The van der Waals surface area contributed by atoms with Crippen molar-refractivity contribution in [3.63, 3.8) is 0 Å². The molecule has 2 fully saturated rings. The average molecular weight is 220 g/mol. The largest absolute Gasteiger partial charge is 0.298 e. The molecule has 2 atom stereocenters. The quantitative estimate of drug-likeness (QED) is 0.623. The molecule has 0 bridgehead atoms. The molecule has 16 heavy (non-hydrogen) atoms. The fourth-order valence-electron chi connectivity index (χ4n) is 3.21. The smallest absolute Gasteiger partial charge is 0.0769 e. The van der Waals surface area contributed by atoms with Crippen molar-refractivity contribution >= 4 is 0 Å². The number of terminal acetylenes is 1. The molecule has 2 unspecified atom stereocenters. The number of piperazine rings is 1. The Morgan fingerprint density at radius 3 is 2.69 bits per heavy atom. The highest BCUT2D eigenvalue weighted by molar-refractivity contribution is 5.11. The first-order valence-corrected chi connectivity index (χ1v) is 6.53. The van der Waals surface area contributed by atoms with E-state index in [0.717, 1.165) is 12.6 Å². The predicted molar refractivity (Wildman–Crippen MR) is 68.3 cm³/mol. The Labute approximate surface area is 100.0 Å². The molecular weight excluding hydrogens is 196 g/mol. The van der Waals surface area contributed by atoms with Crippen LogP contribution in [0.1, 0.15) is 40.0 Å². The summed E-state index contributed by atoms with van der Waals surface area (Å²) in [5.41, 5.74) is -0.0943. The molecule has 0 N–H and O–H groups in total. The number of nitrogens with zero attached hydrogens (tertiary/aromatic N) is 2. The molecule has 0 aromatic heterocycles. The maximum Gasteiger partial charge on any atom is 0.0769 e. The van der Waals surface area contributed by atoms with Gasteiger partial charge in [-0.1, -0.05) is 12.3 Å². The van der Waals surface area contributed by atoms with Crippen molar-refractivity contribution in [1.82, 2.24) is 9.80 Å². The van der Waals surface area contributed by atoms with E-state index in [1.54, 1.807) is 0 Å². The van der Waals surface area contributed by atoms with Crippen LogP contribution in [-0.4, -0.2) is 47.1 Å². The van der Waals surface area contributed by atoms with Crippen molar-refractivity contribution < 1.29 is 0 Å². The van der Waals surface area contributed by atoms with Crippen LogP contribution >= 0.6 is 0 Å². The zero-order valence-electron chi connectivity index (χ0n) is 10.9. The Bertz CT molecular complexity index is 290. The Hall–Kier alpha value is -0.520. The summed E-state index contributed by atoms with van der Waals surface area (Å²) < 4.78 is 0. The third-order valence-electron chi connectivity index (χ3n) is 4.26. The topological polar surface area (TPSA) is 6.48 Å². The molecule has 2 saturated heterocycles. The molecule has 0 aromatic rings. The summed E-state index contributed by atoms with van der Waals surface area (Å²) >= 11 is 0. The molecule has 90 valence electrons. The SMILES string of the molecule is C#CC(C)(C)N1CC2CCCCN2CC1C. The summed E-state index contributed by atoms with van der Waals surface area (Å²) in [4.78, 5) is 5.18. The summed E-state index contributed by atoms with van der Waals surface area (Å²) in [6.07, 6.45) is 9.78. The number of hydrogen-bond acceptors (Lipinski definition) is 2. The van der Waals surface area contributed by atoms with Gasteiger partial charge in [-0.3, -0.25) is 9.80 Å². The van der Waals surface area contributed by atoms with Gasteiger partial charge in [0, 0.05) is 25.2 Å². The Morgan fingerprint density at radius 1 is 1.25 bits per heavy atom. The lowest BCUT2D eigenvalue weighted by Crippen LogP contribution is -2.63. The average Bonchev–Trinajstić information content (AvgIpc) is 2.28. The van der Waals surface area contributed by atoms with Gasteiger partial charge in [-0.2, -0.15) is 0 Å². The van der Waals surface area contributed by atoms with E-state index in [2.05, 4.69) is 36.5 Å². The fourth-order valence-corrected chi connectivity index (χ4v) is 3.21. The van der Waals surface area contributed by atoms with Crippen LogP contribution in [0.25, 0.3) is 0 Å². The van der Waals surface area contributed by atoms with Gasteiger partial charge >= 0.3 is 0 Å². The monoisotopic (exact) mass is 220 g/mol. The van der Waals surface area contributed by atoms with E-state index in [9.17, 15) is 0 Å². The summed E-state index contributed by atoms with van der Waals surface area (Å²) in [6.45, 7) is 10.3. The van der Waals surface area contributed by atoms with Crippen LogP contribution in [0.2, 0.25) is 0 Å². The number of hydrogen-bond donors (Lipinski definition) is 0. The molecule has 2 nitrogen and oxygen atoms in total. The van der Waals surface area contributed by atoms with Gasteiger partial charge in [0.25, 0.3) is 0 Å². The molecule has 2 heterocycles. The van der Waals surface area contributed by atoms with Gasteiger partial charge in [-0.15, -0.1) is 6.42 Å². The van der Waals surface area contributed by atoms with E-state index in [1.165, 1.54) is 32.4 Å². The normalized spacial score (nSPS) is 33.1. The maximum absolute atomic E-state index is 5.66. The molecule has 0 spiro atoms. The second-order valence-electron chi connectivity index (χ2n) is 5.85. The standard InChI is InChI=1S/C14H24N2/c1-5-14(3,4)16-11-13-8-6-7-9-15(13)10-12(16)2/h1,12-13H,6-11H2,2-4H3. The molecule has 0 aliphatic carbocycles. The lowest BCUT2D eigenvalue weighted by Gasteiger charge is -2.51. The van der Waals surface area contributed by atoms with Crippen LogP contribution in [0.4, 0.5) is 0 Å². The number of piperidine rings is 1. The van der Waals surface area contributed by atoms with Gasteiger partial charge in [0.15, 0.2) is 0 Å². The minimum atomic E-state index is -0.0943. The Kier molecular flexibility index (Phi) is 3.28. The molecule has 2 aliphatic heterocycles. The van der Waals surface area contributed by atoms with Gasteiger partial charge in [0.2, 0.25) is 0 Å². The molecule has 0 amide bonds. The van der Waals surface area contributed by atoms with Gasteiger partial charge in [0.05, 0.1) is 5.54 Å². The van der Waals surface area contributed by atoms with E-state index in [1.807, 2.05) is 0 Å². The van der Waals surface area contributed by atoms with E-state index in [0.29, 0.717) is 6.04 Å². The van der Waals surface area contributed by atoms with E-state index in [-0.39, 0.29) is 5.54 Å². The first-order chi connectivity index (χ1) is 7.54. The summed E-state index contributed by atoms with van der Waals surface area (Å²) in [5, 5.41) is 0. The van der Waals surface area contributed by atoms with Crippen LogP contribution in [0.15, 0.2) is 0 Å². The van der Waals surface area contributed by atoms with Crippen molar-refractivity contribution in [1.29, 1.82) is 0 Å². The van der Waals surface area contributed by atoms with Gasteiger partial charge in [0.1, 0.15) is 0 Å². The van der Waals surface area contributed by atoms with Gasteiger partial charge < -0.3 is 0 Å². The van der Waals surface area contributed by atoms with Crippen molar-refractivity contribution in [2.75, 3.05) is 19.6 Å². The Morgan fingerprint density at radius 2 is 2.00 bits per heavy atom. The number of rotatable bonds is 1. The highest BCUT2D eigenvalue weighted by Gasteiger charge is 2.38. The van der Waals surface area contributed by atoms with Gasteiger partial charge in [-0.05, 0) is 40.2 Å². The first kappa shape index (κ1) is 12.0. The van der Waals surface area contributed by atoms with Crippen molar-refractivity contribution in [3.05, 3.63) is 0 Å². The second-order valence-corrected chi connectivity index (χ2v) is 5.85. The summed E-state index contributed by atoms with van der Waals surface area (Å²) in [7, 11) is 0. The number of fused-ring (bicyclic) bond motifs is 1. The summed E-state index contributed by atoms with van der Waals surface area (Å²) in [5.74, 6) is 2.94. The van der Waals surface area contributed by atoms with Crippen LogP contribution in [-0.2, 0) is 0 Å². The van der Waals surface area contributed by atoms with E-state index in [4.69, 9.17) is 6.42 Å². The predicted octanol–water partition coefficient (Wildman–Crippen LogP) is 1.96. The fraction of sp³-hybridized carbons (Fsp3) is 0.857. The second kappa shape index (κ2) is 4.39. The molecule has 2 rings (SSSR count). The molecule has 2 aliphatic rings. The maximum atomic E-state index is 5.66. The molecular formula is C14H24N2. The van der Waals surface area contributed by atoms with E-state index < -0.39 is 0 Å². The molecule has 2 heteroatoms. The van der Waals surface area contributed by atoms with Crippen LogP contribution in [0.3, 0.4) is 0 Å². The lowest BCUT2D eigenvalue weighted by molar-refractivity contribution is -0.0177. The van der Waals surface area contributed by atoms with E-state index >= 15 is 0 Å². The molecule has 0 saturated carbocycles. The zero-order valence-corrected chi connectivity index (χ0v) is 10.9. The zero-order chi connectivity index (χ0) is 11.8. The highest BCUT2D eigenvalue weighted by atomic mass is 15.3. The molecule has 0 radical (unpaired) electrons. The highest BCUT2D eigenvalue weighted by Crippen LogP contribution is 2.28. The van der Waals surface area contributed by atoms with Gasteiger partial charge in [-0.25, -0.2) is 0 Å². The first-order valence-electron chi connectivity index (χ1n) is 6.53. The van der Waals surface area contributed by atoms with Crippen molar-refractivity contribution in [2.24, 2.45) is 0 Å². The van der Waals surface area contributed by atoms with Crippen LogP contribution in [0.5, 0.6) is 0 Å². The summed E-state index contributed by atoms with van der Waals surface area (Å²) in [6, 6.07) is 1.33.